The molecular weight excluding hydrogens is 412 g/mol. The molecule has 6 nitrogen and oxygen atoms in total. The number of nitrogens with zero attached hydrogens (tertiary/aromatic N) is 2. The van der Waals surface area contributed by atoms with E-state index in [1.165, 1.54) is 12.1 Å². The summed E-state index contributed by atoms with van der Waals surface area (Å²) < 4.78 is 6.20. The molecule has 0 aromatic heterocycles. The molecule has 0 amide bonds. The Morgan fingerprint density at radius 3 is 2.19 bits per heavy atom. The summed E-state index contributed by atoms with van der Waals surface area (Å²) in [6.45, 7) is 0. The number of benzene rings is 3. The van der Waals surface area contributed by atoms with Crippen molar-refractivity contribution < 1.29 is 14.5 Å². The van der Waals surface area contributed by atoms with Crippen LogP contribution in [0.5, 0.6) is 5.75 Å². The van der Waals surface area contributed by atoms with E-state index >= 15 is 0 Å². The van der Waals surface area contributed by atoms with Crippen LogP contribution in [0.25, 0.3) is 0 Å². The van der Waals surface area contributed by atoms with E-state index < -0.39 is 10.9 Å². The average molecular weight is 425 g/mol. The second-order valence-electron chi connectivity index (χ2n) is 5.50. The number of hydrogen-bond donors (Lipinski definition) is 0. The third kappa shape index (κ3) is 5.08. The average Bonchev–Trinajstić information content (AvgIpc) is 2.69. The van der Waals surface area contributed by atoms with E-state index in [1.807, 2.05) is 0 Å². The first-order valence-corrected chi connectivity index (χ1v) is 8.67. The molecule has 0 unspecified atom stereocenters. The normalized spacial score (nSPS) is 10.7. The number of hydrogen-bond acceptors (Lipinski definition) is 5. The van der Waals surface area contributed by atoms with Gasteiger partial charge in [0.05, 0.1) is 16.2 Å². The molecule has 3 rings (SSSR count). The van der Waals surface area contributed by atoms with Crippen LogP contribution in [0, 0.1) is 10.1 Å². The van der Waals surface area contributed by atoms with Gasteiger partial charge in [0.2, 0.25) is 0 Å². The molecule has 0 aliphatic heterocycles. The van der Waals surface area contributed by atoms with Crippen LogP contribution >= 0.6 is 15.9 Å². The van der Waals surface area contributed by atoms with E-state index in [9.17, 15) is 14.9 Å². The largest absolute Gasteiger partial charge is 0.423 e. The first-order chi connectivity index (χ1) is 13.0. The number of non-ortho nitro benzene ring substituents is 1. The molecule has 0 spiro atoms. The van der Waals surface area contributed by atoms with Crippen molar-refractivity contribution in [3.63, 3.8) is 0 Å². The van der Waals surface area contributed by atoms with Crippen molar-refractivity contribution >= 4 is 39.5 Å². The maximum absolute atomic E-state index is 12.1. The van der Waals surface area contributed by atoms with Crippen molar-refractivity contribution in [3.8, 4) is 5.75 Å². The van der Waals surface area contributed by atoms with Crippen LogP contribution in [-0.4, -0.2) is 17.1 Å². The van der Waals surface area contributed by atoms with Crippen LogP contribution in [0.4, 0.5) is 11.4 Å². The molecule has 3 aromatic carbocycles. The van der Waals surface area contributed by atoms with E-state index in [4.69, 9.17) is 4.74 Å². The third-order valence-electron chi connectivity index (χ3n) is 3.59. The molecular formula is C20H13BrN2O4. The van der Waals surface area contributed by atoms with Crippen LogP contribution in [0.2, 0.25) is 0 Å². The molecule has 7 heteroatoms. The molecule has 0 aliphatic carbocycles. The summed E-state index contributed by atoms with van der Waals surface area (Å²) in [6.07, 6.45) is 1.60. The third-order valence-corrected chi connectivity index (χ3v) is 4.12. The minimum Gasteiger partial charge on any atom is -0.423 e. The lowest BCUT2D eigenvalue weighted by Gasteiger charge is -2.04. The molecule has 0 atom stereocenters. The topological polar surface area (TPSA) is 81.8 Å². The summed E-state index contributed by atoms with van der Waals surface area (Å²) >= 11 is 3.32. The van der Waals surface area contributed by atoms with Crippen LogP contribution < -0.4 is 4.74 Å². The van der Waals surface area contributed by atoms with E-state index in [0.717, 1.165) is 10.0 Å². The van der Waals surface area contributed by atoms with Crippen LogP contribution in [-0.2, 0) is 0 Å². The predicted octanol–water partition coefficient (Wildman–Crippen LogP) is 5.33. The summed E-state index contributed by atoms with van der Waals surface area (Å²) in [5.74, 6) is 0.00619. The molecule has 0 aliphatic rings. The standard InChI is InChI=1S/C20H13BrN2O4/c21-16-5-11-19(12-6-16)27-20(24)15-3-7-17(8-4-15)22-13-14-1-9-18(10-2-14)23(25)26/h1-13H. The number of halogens is 1. The molecule has 3 aromatic rings. The lowest BCUT2D eigenvalue weighted by atomic mass is 10.2. The van der Waals surface area contributed by atoms with Gasteiger partial charge in [-0.05, 0) is 66.2 Å². The number of aliphatic imine (C=N–C) groups is 1. The lowest BCUT2D eigenvalue weighted by Crippen LogP contribution is -2.07. The Morgan fingerprint density at radius 1 is 0.963 bits per heavy atom. The van der Waals surface area contributed by atoms with Gasteiger partial charge in [-0.3, -0.25) is 15.1 Å². The zero-order valence-electron chi connectivity index (χ0n) is 13.9. The van der Waals surface area contributed by atoms with Crippen molar-refractivity contribution in [2.75, 3.05) is 0 Å². The summed E-state index contributed by atoms with van der Waals surface area (Å²) in [5.41, 5.74) is 1.82. The van der Waals surface area contributed by atoms with Crippen molar-refractivity contribution in [2.45, 2.75) is 0 Å². The summed E-state index contributed by atoms with van der Waals surface area (Å²) in [4.78, 5) is 26.6. The van der Waals surface area contributed by atoms with Gasteiger partial charge in [0.1, 0.15) is 5.75 Å². The zero-order valence-corrected chi connectivity index (χ0v) is 15.5. The first-order valence-electron chi connectivity index (χ1n) is 7.87. The number of nitro benzene ring substituents is 1. The SMILES string of the molecule is O=C(Oc1ccc(Br)cc1)c1ccc(N=Cc2ccc([N+](=O)[O-])cc2)cc1. The molecule has 0 N–H and O–H groups in total. The summed E-state index contributed by atoms with van der Waals surface area (Å²) in [7, 11) is 0. The summed E-state index contributed by atoms with van der Waals surface area (Å²) in [5, 5.41) is 10.6. The van der Waals surface area contributed by atoms with Gasteiger partial charge in [-0.25, -0.2) is 4.79 Å². The number of rotatable bonds is 5. The number of nitro groups is 1. The molecule has 0 bridgehead atoms. The Morgan fingerprint density at radius 2 is 1.59 bits per heavy atom. The predicted molar refractivity (Wildman–Crippen MR) is 106 cm³/mol. The number of carbonyl (C=O) groups is 1. The Bertz CT molecular complexity index is 982. The smallest absolute Gasteiger partial charge is 0.343 e. The maximum atomic E-state index is 12.1. The Hall–Kier alpha value is -3.32. The molecule has 0 fully saturated rings. The van der Waals surface area contributed by atoms with Gasteiger partial charge >= 0.3 is 5.97 Å². The summed E-state index contributed by atoms with van der Waals surface area (Å²) in [6, 6.07) is 19.7. The maximum Gasteiger partial charge on any atom is 0.343 e. The van der Waals surface area contributed by atoms with Gasteiger partial charge in [-0.1, -0.05) is 15.9 Å². The van der Waals surface area contributed by atoms with Gasteiger partial charge in [-0.2, -0.15) is 0 Å². The zero-order chi connectivity index (χ0) is 19.2. The van der Waals surface area contributed by atoms with Crippen molar-refractivity contribution in [2.24, 2.45) is 4.99 Å². The highest BCUT2D eigenvalue weighted by molar-refractivity contribution is 9.10. The Labute approximate surface area is 163 Å². The number of esters is 1. The molecule has 0 radical (unpaired) electrons. The van der Waals surface area contributed by atoms with Crippen molar-refractivity contribution in [3.05, 3.63) is 98.5 Å². The van der Waals surface area contributed by atoms with Crippen molar-refractivity contribution in [1.82, 2.24) is 0 Å². The molecule has 0 heterocycles. The Kier molecular flexibility index (Phi) is 5.73. The van der Waals surface area contributed by atoms with E-state index in [0.29, 0.717) is 17.0 Å². The quantitative estimate of drug-likeness (QED) is 0.182. The van der Waals surface area contributed by atoms with Gasteiger partial charge < -0.3 is 4.74 Å². The van der Waals surface area contributed by atoms with E-state index in [-0.39, 0.29) is 5.69 Å². The molecule has 27 heavy (non-hydrogen) atoms. The van der Waals surface area contributed by atoms with Gasteiger partial charge in [-0.15, -0.1) is 0 Å². The molecule has 134 valence electrons. The highest BCUT2D eigenvalue weighted by Crippen LogP contribution is 2.19. The van der Waals surface area contributed by atoms with Crippen molar-refractivity contribution in [1.29, 1.82) is 0 Å². The second-order valence-corrected chi connectivity index (χ2v) is 6.41. The lowest BCUT2D eigenvalue weighted by molar-refractivity contribution is -0.384. The molecule has 0 saturated carbocycles. The van der Waals surface area contributed by atoms with E-state index in [1.54, 1.807) is 66.9 Å². The fraction of sp³-hybridized carbons (Fsp3) is 0. The van der Waals surface area contributed by atoms with Crippen LogP contribution in [0.3, 0.4) is 0 Å². The van der Waals surface area contributed by atoms with E-state index in [2.05, 4.69) is 20.9 Å². The highest BCUT2D eigenvalue weighted by Gasteiger charge is 2.08. The van der Waals surface area contributed by atoms with Crippen LogP contribution in [0.1, 0.15) is 15.9 Å². The van der Waals surface area contributed by atoms with Crippen LogP contribution in [0.15, 0.2) is 82.3 Å². The number of ether oxygens (including phenoxy) is 1. The number of carbonyl (C=O) groups excluding carboxylic acids is 1. The molecule has 0 saturated heterocycles. The second kappa shape index (κ2) is 8.37. The fourth-order valence-electron chi connectivity index (χ4n) is 2.18. The minimum absolute atomic E-state index is 0.0285. The fourth-order valence-corrected chi connectivity index (χ4v) is 2.45. The minimum atomic E-state index is -0.455. The monoisotopic (exact) mass is 424 g/mol. The Balaban J connectivity index is 1.64. The van der Waals surface area contributed by atoms with Gasteiger partial charge in [0, 0.05) is 22.8 Å². The van der Waals surface area contributed by atoms with Gasteiger partial charge in [0.25, 0.3) is 5.69 Å². The first kappa shape index (κ1) is 18.5. The van der Waals surface area contributed by atoms with Gasteiger partial charge in [0.15, 0.2) is 0 Å². The highest BCUT2D eigenvalue weighted by atomic mass is 79.9.